The second-order valence-corrected chi connectivity index (χ2v) is 6.34. The predicted molar refractivity (Wildman–Crippen MR) is 97.9 cm³/mol. The molecule has 132 valence electrons. The summed E-state index contributed by atoms with van der Waals surface area (Å²) in [6.45, 7) is -0.156. The largest absolute Gasteiger partial charge is 0.396 e. The Morgan fingerprint density at radius 3 is 2.60 bits per heavy atom. The molecule has 7 nitrogen and oxygen atoms in total. The number of fused-ring (bicyclic) bond motifs is 1. The normalized spacial score (nSPS) is 11.8. The number of aliphatic hydroxyl groups is 2. The molecule has 8 heteroatoms. The van der Waals surface area contributed by atoms with Crippen molar-refractivity contribution in [2.24, 2.45) is 5.73 Å². The summed E-state index contributed by atoms with van der Waals surface area (Å²) < 4.78 is 0. The van der Waals surface area contributed by atoms with E-state index < -0.39 is 5.54 Å². The minimum Gasteiger partial charge on any atom is -0.396 e. The van der Waals surface area contributed by atoms with Crippen LogP contribution in [-0.4, -0.2) is 38.4 Å². The average Bonchev–Trinajstić information content (AvgIpc) is 3.01. The van der Waals surface area contributed by atoms with Crippen LogP contribution >= 0.6 is 11.6 Å². The maximum Gasteiger partial charge on any atom is 0.143 e. The third-order valence-corrected chi connectivity index (χ3v) is 4.40. The Bertz CT molecular complexity index is 861. The zero-order valence-corrected chi connectivity index (χ0v) is 14.3. The van der Waals surface area contributed by atoms with Gasteiger partial charge in [0.2, 0.25) is 0 Å². The van der Waals surface area contributed by atoms with E-state index in [4.69, 9.17) is 17.3 Å². The SMILES string of the molecule is NC(CCO)(CCO)c1cc2c(Nc3cccc(Cl)c3)ncnc2[nH]1. The van der Waals surface area contributed by atoms with E-state index in [-0.39, 0.29) is 13.2 Å². The van der Waals surface area contributed by atoms with E-state index in [2.05, 4.69) is 20.3 Å². The number of nitrogens with one attached hydrogen (secondary N) is 2. The quantitative estimate of drug-likeness (QED) is 0.440. The first-order valence-corrected chi connectivity index (χ1v) is 8.31. The van der Waals surface area contributed by atoms with E-state index in [9.17, 15) is 10.2 Å². The minimum absolute atomic E-state index is 0.0782. The highest BCUT2D eigenvalue weighted by Crippen LogP contribution is 2.31. The van der Waals surface area contributed by atoms with Gasteiger partial charge in [0.15, 0.2) is 0 Å². The lowest BCUT2D eigenvalue weighted by Crippen LogP contribution is -2.39. The van der Waals surface area contributed by atoms with Gasteiger partial charge in [-0.3, -0.25) is 0 Å². The number of benzene rings is 1. The Hall–Kier alpha value is -2.19. The topological polar surface area (TPSA) is 120 Å². The number of nitrogens with zero attached hydrogens (tertiary/aromatic N) is 2. The van der Waals surface area contributed by atoms with Crippen molar-refractivity contribution in [3.63, 3.8) is 0 Å². The molecule has 3 rings (SSSR count). The van der Waals surface area contributed by atoms with Crippen molar-refractivity contribution in [1.29, 1.82) is 0 Å². The molecule has 2 heterocycles. The fourth-order valence-electron chi connectivity index (χ4n) is 2.80. The molecule has 0 saturated carbocycles. The van der Waals surface area contributed by atoms with Crippen LogP contribution in [0, 0.1) is 0 Å². The summed E-state index contributed by atoms with van der Waals surface area (Å²) in [5, 5.41) is 23.2. The lowest BCUT2D eigenvalue weighted by Gasteiger charge is -2.26. The lowest BCUT2D eigenvalue weighted by atomic mass is 9.89. The number of anilines is 2. The second kappa shape index (κ2) is 7.37. The number of rotatable bonds is 7. The Labute approximate surface area is 149 Å². The average molecular weight is 362 g/mol. The third-order valence-electron chi connectivity index (χ3n) is 4.17. The van der Waals surface area contributed by atoms with Gasteiger partial charge in [-0.15, -0.1) is 0 Å². The van der Waals surface area contributed by atoms with Gasteiger partial charge in [0.25, 0.3) is 0 Å². The van der Waals surface area contributed by atoms with Crippen molar-refractivity contribution in [1.82, 2.24) is 15.0 Å². The summed E-state index contributed by atoms with van der Waals surface area (Å²) in [6, 6.07) is 9.18. The van der Waals surface area contributed by atoms with Gasteiger partial charge < -0.3 is 26.2 Å². The van der Waals surface area contributed by atoms with Crippen LogP contribution < -0.4 is 11.1 Å². The van der Waals surface area contributed by atoms with Gasteiger partial charge in [-0.1, -0.05) is 17.7 Å². The number of halogens is 1. The molecule has 0 aliphatic rings. The molecule has 25 heavy (non-hydrogen) atoms. The molecule has 3 aromatic rings. The molecule has 0 radical (unpaired) electrons. The summed E-state index contributed by atoms with van der Waals surface area (Å²) in [5.41, 5.74) is 7.65. The van der Waals surface area contributed by atoms with Gasteiger partial charge in [-0.2, -0.15) is 0 Å². The van der Waals surface area contributed by atoms with Crippen LogP contribution in [0.1, 0.15) is 18.5 Å². The zero-order chi connectivity index (χ0) is 17.9. The number of aliphatic hydroxyl groups excluding tert-OH is 2. The first-order valence-electron chi connectivity index (χ1n) is 7.93. The lowest BCUT2D eigenvalue weighted by molar-refractivity contribution is 0.191. The summed E-state index contributed by atoms with van der Waals surface area (Å²) in [4.78, 5) is 11.7. The number of aromatic amines is 1. The molecule has 0 bridgehead atoms. The maximum absolute atomic E-state index is 9.31. The van der Waals surface area contributed by atoms with E-state index >= 15 is 0 Å². The van der Waals surface area contributed by atoms with E-state index in [0.717, 1.165) is 11.1 Å². The summed E-state index contributed by atoms with van der Waals surface area (Å²) in [6.07, 6.45) is 2.10. The first kappa shape index (κ1) is 17.6. The standard InChI is InChI=1S/C17H20ClN5O2/c18-11-2-1-3-12(8-11)22-15-13-9-14(23-16(13)21-10-20-15)17(19,4-6-24)5-7-25/h1-3,8-10,24-25H,4-7,19H2,(H2,20,21,22,23). The Kier molecular flexibility index (Phi) is 5.19. The number of hydrogen-bond acceptors (Lipinski definition) is 6. The number of hydrogen-bond donors (Lipinski definition) is 5. The first-order chi connectivity index (χ1) is 12.1. The molecule has 0 spiro atoms. The predicted octanol–water partition coefficient (Wildman–Crippen LogP) is 2.27. The molecule has 2 aromatic heterocycles. The van der Waals surface area contributed by atoms with Crippen LogP contribution in [-0.2, 0) is 5.54 Å². The molecular weight excluding hydrogens is 342 g/mol. The molecule has 0 amide bonds. The van der Waals surface area contributed by atoms with Gasteiger partial charge in [0, 0.05) is 29.6 Å². The fraction of sp³-hybridized carbons (Fsp3) is 0.294. The highest BCUT2D eigenvalue weighted by molar-refractivity contribution is 6.30. The van der Waals surface area contributed by atoms with E-state index in [0.29, 0.717) is 35.0 Å². The van der Waals surface area contributed by atoms with E-state index in [1.165, 1.54) is 6.33 Å². The number of H-pyrrole nitrogens is 1. The van der Waals surface area contributed by atoms with Crippen LogP contribution in [0.4, 0.5) is 11.5 Å². The fourth-order valence-corrected chi connectivity index (χ4v) is 2.99. The van der Waals surface area contributed by atoms with Crippen LogP contribution in [0.25, 0.3) is 11.0 Å². The van der Waals surface area contributed by atoms with E-state index in [1.807, 2.05) is 18.2 Å². The van der Waals surface area contributed by atoms with Gasteiger partial charge in [-0.05, 0) is 37.1 Å². The van der Waals surface area contributed by atoms with Crippen molar-refractivity contribution in [2.45, 2.75) is 18.4 Å². The minimum atomic E-state index is -0.864. The Morgan fingerprint density at radius 1 is 1.16 bits per heavy atom. The van der Waals surface area contributed by atoms with Gasteiger partial charge in [0.05, 0.1) is 10.9 Å². The molecule has 0 atom stereocenters. The molecule has 0 unspecified atom stereocenters. The third kappa shape index (κ3) is 3.74. The highest BCUT2D eigenvalue weighted by Gasteiger charge is 2.29. The Balaban J connectivity index is 2.00. The summed E-state index contributed by atoms with van der Waals surface area (Å²) >= 11 is 6.02. The highest BCUT2D eigenvalue weighted by atomic mass is 35.5. The number of nitrogens with two attached hydrogens (primary N) is 1. The van der Waals surface area contributed by atoms with Crippen LogP contribution in [0.3, 0.4) is 0 Å². The van der Waals surface area contributed by atoms with Crippen LogP contribution in [0.5, 0.6) is 0 Å². The number of aromatic nitrogens is 3. The Morgan fingerprint density at radius 2 is 1.92 bits per heavy atom. The van der Waals surface area contributed by atoms with Crippen molar-refractivity contribution >= 4 is 34.1 Å². The molecule has 0 aliphatic carbocycles. The van der Waals surface area contributed by atoms with Crippen LogP contribution in [0.2, 0.25) is 5.02 Å². The molecule has 0 aliphatic heterocycles. The van der Waals surface area contributed by atoms with Crippen molar-refractivity contribution in [3.8, 4) is 0 Å². The smallest absolute Gasteiger partial charge is 0.143 e. The molecule has 0 fully saturated rings. The molecular formula is C17H20ClN5O2. The maximum atomic E-state index is 9.31. The van der Waals surface area contributed by atoms with Gasteiger partial charge in [0.1, 0.15) is 17.8 Å². The van der Waals surface area contributed by atoms with Crippen molar-refractivity contribution in [3.05, 3.63) is 47.4 Å². The van der Waals surface area contributed by atoms with Crippen LogP contribution in [0.15, 0.2) is 36.7 Å². The van der Waals surface area contributed by atoms with Gasteiger partial charge in [-0.25, -0.2) is 9.97 Å². The molecule has 0 saturated heterocycles. The van der Waals surface area contributed by atoms with Crippen molar-refractivity contribution in [2.75, 3.05) is 18.5 Å². The monoisotopic (exact) mass is 361 g/mol. The molecule has 6 N–H and O–H groups in total. The summed E-state index contributed by atoms with van der Waals surface area (Å²) in [7, 11) is 0. The summed E-state index contributed by atoms with van der Waals surface area (Å²) in [5.74, 6) is 0.616. The van der Waals surface area contributed by atoms with Crippen molar-refractivity contribution < 1.29 is 10.2 Å². The second-order valence-electron chi connectivity index (χ2n) is 5.91. The van der Waals surface area contributed by atoms with E-state index in [1.54, 1.807) is 12.1 Å². The zero-order valence-electron chi connectivity index (χ0n) is 13.5. The molecule has 1 aromatic carbocycles. The van der Waals surface area contributed by atoms with Gasteiger partial charge >= 0.3 is 0 Å².